The van der Waals surface area contributed by atoms with Gasteiger partial charge in [0.2, 0.25) is 23.6 Å². The van der Waals surface area contributed by atoms with E-state index >= 15 is 0 Å². The standard InChI is InChI=1S/C26H44N12O10/c27-3-1-2-12(28)5-18(42)33-14-7-31-24(47)20(13-6-19(43)37-25(29)36-13)38-22(45)15(8-32-26(30)48)34-23(46)16(10-40)35-21(44)11(9-39)4-17(14)41/h8,11-14,16,19-20,39-40,43H,1-7,9-10,27-28H2,(H,31,47)(H,33,42)(H,34,46)(H,35,44)(H,38,45)(H3,29,36,37)(H3,30,32,48)/b15-8-. The number of nitrogens with one attached hydrogen (secondary N) is 7. The molecular formula is C26H44N12O10. The van der Waals surface area contributed by atoms with Crippen molar-refractivity contribution in [3.8, 4) is 0 Å². The number of nitrogens with zero attached hydrogens (tertiary/aromatic N) is 1. The van der Waals surface area contributed by atoms with Crippen LogP contribution in [0.3, 0.4) is 0 Å². The summed E-state index contributed by atoms with van der Waals surface area (Å²) in [5, 5.41) is 46.0. The van der Waals surface area contributed by atoms with E-state index < -0.39 is 116 Å². The number of amides is 7. The van der Waals surface area contributed by atoms with Crippen molar-refractivity contribution in [2.24, 2.45) is 33.8 Å². The second-order valence-electron chi connectivity index (χ2n) is 11.0. The van der Waals surface area contributed by atoms with Crippen LogP contribution in [0, 0.1) is 5.92 Å². The molecular weight excluding hydrogens is 640 g/mol. The van der Waals surface area contributed by atoms with Gasteiger partial charge in [-0.2, -0.15) is 0 Å². The van der Waals surface area contributed by atoms with E-state index in [0.717, 1.165) is 0 Å². The van der Waals surface area contributed by atoms with Crippen molar-refractivity contribution in [2.45, 2.75) is 68.5 Å². The molecule has 7 amide bonds. The zero-order valence-corrected chi connectivity index (χ0v) is 25.9. The molecule has 2 aliphatic heterocycles. The molecule has 0 spiro atoms. The third-order valence-electron chi connectivity index (χ3n) is 7.20. The number of nitrogens with two attached hydrogens (primary N) is 4. The number of hydrogen-bond donors (Lipinski definition) is 14. The number of Topliss-reactive ketones (excluding diaryl/α,β-unsaturated/α-hetero) is 1. The van der Waals surface area contributed by atoms with Crippen molar-refractivity contribution in [1.82, 2.24) is 37.2 Å². The van der Waals surface area contributed by atoms with Gasteiger partial charge in [-0.25, -0.2) is 9.79 Å². The van der Waals surface area contributed by atoms with Crippen LogP contribution in [0.15, 0.2) is 16.9 Å². The van der Waals surface area contributed by atoms with Crippen LogP contribution >= 0.6 is 0 Å². The van der Waals surface area contributed by atoms with Crippen LogP contribution in [0.2, 0.25) is 0 Å². The number of aliphatic imine (C=N–C) groups is 1. The van der Waals surface area contributed by atoms with Crippen LogP contribution < -0.4 is 60.2 Å². The lowest BCUT2D eigenvalue weighted by molar-refractivity contribution is -0.136. The Hall–Kier alpha value is -4.90. The van der Waals surface area contributed by atoms with Crippen LogP contribution in [0.1, 0.15) is 32.1 Å². The fraction of sp³-hybridized carbons (Fsp3) is 0.615. The summed E-state index contributed by atoms with van der Waals surface area (Å²) in [6.07, 6.45) is -0.930. The molecule has 0 aliphatic carbocycles. The van der Waals surface area contributed by atoms with Crippen LogP contribution in [0.25, 0.3) is 0 Å². The van der Waals surface area contributed by atoms with Gasteiger partial charge >= 0.3 is 6.03 Å². The molecule has 0 saturated carbocycles. The maximum Gasteiger partial charge on any atom is 0.316 e. The summed E-state index contributed by atoms with van der Waals surface area (Å²) >= 11 is 0. The van der Waals surface area contributed by atoms with Crippen molar-refractivity contribution in [2.75, 3.05) is 26.3 Å². The van der Waals surface area contributed by atoms with E-state index in [4.69, 9.17) is 22.9 Å². The van der Waals surface area contributed by atoms with Gasteiger partial charge in [0.25, 0.3) is 5.91 Å². The normalized spacial score (nSPS) is 27.7. The highest BCUT2D eigenvalue weighted by Crippen LogP contribution is 2.12. The lowest BCUT2D eigenvalue weighted by Crippen LogP contribution is -2.63. The van der Waals surface area contributed by atoms with Crippen molar-refractivity contribution in [1.29, 1.82) is 0 Å². The minimum absolute atomic E-state index is 0.218. The fourth-order valence-electron chi connectivity index (χ4n) is 4.68. The average molecular weight is 685 g/mol. The van der Waals surface area contributed by atoms with Crippen LogP contribution in [0.5, 0.6) is 0 Å². The minimum atomic E-state index is -1.74. The second kappa shape index (κ2) is 19.0. The average Bonchev–Trinajstić information content (AvgIpc) is 3.02. The van der Waals surface area contributed by atoms with E-state index in [1.807, 2.05) is 5.32 Å². The molecule has 268 valence electrons. The molecule has 0 aromatic carbocycles. The number of ketones is 1. The number of carbonyl (C=O) groups excluding carboxylic acids is 7. The predicted molar refractivity (Wildman–Crippen MR) is 165 cm³/mol. The van der Waals surface area contributed by atoms with E-state index in [9.17, 15) is 48.9 Å². The SMILES string of the molecule is NCCCC(N)CC(=O)NC1CNC(=O)C(C2CC(O)N=C(N)N2)NC(=O)/C(=C/NC(N)=O)NC(=O)C(CO)NC(=O)C(CO)CC1=O. The molecule has 0 bridgehead atoms. The van der Waals surface area contributed by atoms with Gasteiger partial charge in [-0.15, -0.1) is 0 Å². The molecule has 2 aliphatic rings. The van der Waals surface area contributed by atoms with Gasteiger partial charge in [-0.3, -0.25) is 28.8 Å². The largest absolute Gasteiger partial charge is 0.396 e. The first-order chi connectivity index (χ1) is 22.7. The second-order valence-corrected chi connectivity index (χ2v) is 11.0. The van der Waals surface area contributed by atoms with E-state index in [1.54, 1.807) is 0 Å². The monoisotopic (exact) mass is 684 g/mol. The topological polar surface area (TPSA) is 381 Å². The Bertz CT molecular complexity index is 1280. The molecule has 0 aromatic rings. The minimum Gasteiger partial charge on any atom is -0.396 e. The van der Waals surface area contributed by atoms with Crippen molar-refractivity contribution < 1.29 is 48.9 Å². The van der Waals surface area contributed by atoms with Gasteiger partial charge in [0.05, 0.1) is 25.2 Å². The molecule has 2 rings (SSSR count). The highest BCUT2D eigenvalue weighted by atomic mass is 16.3. The Labute approximate surface area is 274 Å². The Morgan fingerprint density at radius 1 is 1.04 bits per heavy atom. The third-order valence-corrected chi connectivity index (χ3v) is 7.20. The Kier molecular flexibility index (Phi) is 15.6. The molecule has 18 N–H and O–H groups in total. The van der Waals surface area contributed by atoms with E-state index in [-0.39, 0.29) is 18.8 Å². The summed E-state index contributed by atoms with van der Waals surface area (Å²) in [4.78, 5) is 94.2. The number of aliphatic hydroxyl groups is 3. The molecule has 48 heavy (non-hydrogen) atoms. The quantitative estimate of drug-likeness (QED) is 0.0951. The molecule has 7 unspecified atom stereocenters. The lowest BCUT2D eigenvalue weighted by atomic mass is 9.96. The number of urea groups is 1. The van der Waals surface area contributed by atoms with Gasteiger partial charge in [0, 0.05) is 38.0 Å². The van der Waals surface area contributed by atoms with Gasteiger partial charge in [-0.05, 0) is 19.4 Å². The van der Waals surface area contributed by atoms with Gasteiger partial charge < -0.3 is 75.5 Å². The number of guanidine groups is 1. The maximum absolute atomic E-state index is 13.6. The Morgan fingerprint density at radius 2 is 1.75 bits per heavy atom. The van der Waals surface area contributed by atoms with Crippen molar-refractivity contribution in [3.63, 3.8) is 0 Å². The number of rotatable bonds is 10. The number of primary amides is 1. The zero-order valence-electron chi connectivity index (χ0n) is 25.9. The molecule has 1 fully saturated rings. The maximum atomic E-state index is 13.6. The predicted octanol–water partition coefficient (Wildman–Crippen LogP) is -7.79. The molecule has 22 nitrogen and oxygen atoms in total. The summed E-state index contributed by atoms with van der Waals surface area (Å²) in [6, 6.07) is -7.72. The summed E-state index contributed by atoms with van der Waals surface area (Å²) < 4.78 is 0. The van der Waals surface area contributed by atoms with E-state index in [0.29, 0.717) is 25.6 Å². The number of carbonyl (C=O) groups is 7. The smallest absolute Gasteiger partial charge is 0.316 e. The first-order valence-electron chi connectivity index (χ1n) is 14.9. The Balaban J connectivity index is 2.54. The summed E-state index contributed by atoms with van der Waals surface area (Å²) in [5.41, 5.74) is 21.5. The Morgan fingerprint density at radius 3 is 2.35 bits per heavy atom. The van der Waals surface area contributed by atoms with Gasteiger partial charge in [0.15, 0.2) is 18.0 Å². The first kappa shape index (κ1) is 39.3. The zero-order chi connectivity index (χ0) is 36.0. The molecule has 22 heteroatoms. The van der Waals surface area contributed by atoms with Crippen LogP contribution in [-0.2, 0) is 28.8 Å². The molecule has 1 saturated heterocycles. The van der Waals surface area contributed by atoms with E-state index in [2.05, 4.69) is 36.9 Å². The van der Waals surface area contributed by atoms with E-state index in [1.165, 1.54) is 0 Å². The highest BCUT2D eigenvalue weighted by Gasteiger charge is 2.37. The van der Waals surface area contributed by atoms with Crippen molar-refractivity contribution in [3.05, 3.63) is 11.9 Å². The van der Waals surface area contributed by atoms with Crippen molar-refractivity contribution >= 4 is 47.3 Å². The highest BCUT2D eigenvalue weighted by molar-refractivity contribution is 6.02. The fourth-order valence-corrected chi connectivity index (χ4v) is 4.68. The summed E-state index contributed by atoms with van der Waals surface area (Å²) in [5.74, 6) is -7.65. The van der Waals surface area contributed by atoms with Gasteiger partial charge in [-0.1, -0.05) is 0 Å². The summed E-state index contributed by atoms with van der Waals surface area (Å²) in [6.45, 7) is -2.15. The summed E-state index contributed by atoms with van der Waals surface area (Å²) in [7, 11) is 0. The van der Waals surface area contributed by atoms with Crippen LogP contribution in [-0.4, -0.2) is 125 Å². The van der Waals surface area contributed by atoms with Gasteiger partial charge in [0.1, 0.15) is 23.8 Å². The molecule has 7 atom stereocenters. The number of hydrogen-bond acceptors (Lipinski definition) is 15. The molecule has 0 aromatic heterocycles. The third kappa shape index (κ3) is 12.4. The van der Waals surface area contributed by atoms with Crippen LogP contribution in [0.4, 0.5) is 4.79 Å². The molecule has 2 heterocycles. The lowest BCUT2D eigenvalue weighted by Gasteiger charge is -2.33. The number of aliphatic hydroxyl groups excluding tert-OH is 3. The molecule has 0 radical (unpaired) electrons. The first-order valence-corrected chi connectivity index (χ1v) is 14.9.